The van der Waals surface area contributed by atoms with Crippen molar-refractivity contribution in [2.24, 2.45) is 0 Å². The van der Waals surface area contributed by atoms with Gasteiger partial charge >= 0.3 is 6.09 Å². The Morgan fingerprint density at radius 2 is 2.07 bits per heavy atom. The average Bonchev–Trinajstić information content (AvgIpc) is 2.86. The highest BCUT2D eigenvalue weighted by Gasteiger charge is 2.27. The smallest absolute Gasteiger partial charge is 0.420 e. The number of carbonyl (C=O) groups excluding carboxylic acids is 1. The van der Waals surface area contributed by atoms with Gasteiger partial charge in [-0.1, -0.05) is 17.7 Å². The van der Waals surface area contributed by atoms with Gasteiger partial charge in [-0.2, -0.15) is 0 Å². The fraction of sp³-hybridized carbons (Fsp3) is 0.350. The van der Waals surface area contributed by atoms with Crippen molar-refractivity contribution < 1.29 is 13.9 Å². The summed E-state index contributed by atoms with van der Waals surface area (Å²) >= 11 is 6.37. The lowest BCUT2D eigenvalue weighted by molar-refractivity contribution is 0.0550. The Labute approximate surface area is 167 Å². The zero-order valence-electron chi connectivity index (χ0n) is 16.5. The first-order valence-electron chi connectivity index (χ1n) is 8.76. The Balaban J connectivity index is 2.49. The van der Waals surface area contributed by atoms with Crippen molar-refractivity contribution in [1.82, 2.24) is 14.5 Å². The second kappa shape index (κ2) is 7.05. The van der Waals surface area contributed by atoms with Gasteiger partial charge in [0.1, 0.15) is 22.4 Å². The third-order valence-electron chi connectivity index (χ3n) is 4.11. The molecule has 0 aliphatic carbocycles. The van der Waals surface area contributed by atoms with Crippen LogP contribution in [0.5, 0.6) is 0 Å². The van der Waals surface area contributed by atoms with E-state index in [2.05, 4.69) is 16.5 Å². The molecule has 0 amide bonds. The maximum atomic E-state index is 14.5. The highest BCUT2D eigenvalue weighted by molar-refractivity contribution is 6.37. The van der Waals surface area contributed by atoms with Gasteiger partial charge in [-0.3, -0.25) is 0 Å². The number of hydrogen-bond donors (Lipinski definition) is 0. The molecule has 0 unspecified atom stereocenters. The Kier molecular flexibility index (Phi) is 5.06. The summed E-state index contributed by atoms with van der Waals surface area (Å²) in [7, 11) is 1.78. The predicted molar refractivity (Wildman–Crippen MR) is 110 cm³/mol. The molecular formula is C20H22ClFN4O2. The number of anilines is 1. The molecule has 0 N–H and O–H groups in total. The number of nitrogens with zero attached hydrogens (tertiary/aromatic N) is 4. The number of likely N-dealkylation sites (N-methyl/N-ethyl adjacent to an activating group) is 1. The minimum Gasteiger partial charge on any atom is -0.443 e. The van der Waals surface area contributed by atoms with E-state index in [1.807, 2.05) is 0 Å². The van der Waals surface area contributed by atoms with Crippen molar-refractivity contribution in [3.8, 4) is 0 Å². The van der Waals surface area contributed by atoms with E-state index in [1.165, 1.54) is 16.7 Å². The van der Waals surface area contributed by atoms with E-state index in [0.717, 1.165) is 0 Å². The van der Waals surface area contributed by atoms with E-state index < -0.39 is 17.5 Å². The zero-order valence-corrected chi connectivity index (χ0v) is 17.3. The van der Waals surface area contributed by atoms with Crippen LogP contribution in [0.1, 0.15) is 26.6 Å². The van der Waals surface area contributed by atoms with Crippen molar-refractivity contribution in [1.29, 1.82) is 0 Å². The van der Waals surface area contributed by atoms with Crippen molar-refractivity contribution in [2.45, 2.75) is 33.3 Å². The van der Waals surface area contributed by atoms with Crippen LogP contribution in [-0.4, -0.2) is 39.8 Å². The largest absolute Gasteiger partial charge is 0.443 e. The fourth-order valence-corrected chi connectivity index (χ4v) is 3.41. The summed E-state index contributed by atoms with van der Waals surface area (Å²) in [5.74, 6) is -0.0649. The molecule has 3 aromatic rings. The lowest BCUT2D eigenvalue weighted by Crippen LogP contribution is -2.28. The van der Waals surface area contributed by atoms with Crippen molar-refractivity contribution in [2.75, 3.05) is 18.5 Å². The molecule has 0 fully saturated rings. The molecule has 148 valence electrons. The number of carbonyl (C=O) groups is 1. The third kappa shape index (κ3) is 3.54. The van der Waals surface area contributed by atoms with E-state index in [4.69, 9.17) is 16.3 Å². The second-order valence-corrected chi connectivity index (χ2v) is 7.92. The summed E-state index contributed by atoms with van der Waals surface area (Å²) in [6.07, 6.45) is 1.07. The van der Waals surface area contributed by atoms with Gasteiger partial charge in [-0.15, -0.1) is 6.58 Å². The van der Waals surface area contributed by atoms with Crippen LogP contribution in [0.15, 0.2) is 24.8 Å². The van der Waals surface area contributed by atoms with Crippen LogP contribution in [0, 0.1) is 12.7 Å². The molecule has 0 aliphatic rings. The number of aromatic nitrogens is 3. The number of ether oxygens (including phenoxy) is 1. The molecule has 0 spiro atoms. The van der Waals surface area contributed by atoms with Crippen molar-refractivity contribution in [3.05, 3.63) is 41.6 Å². The zero-order chi connectivity index (χ0) is 20.8. The van der Waals surface area contributed by atoms with E-state index in [0.29, 0.717) is 34.3 Å². The topological polar surface area (TPSA) is 60.2 Å². The first-order valence-corrected chi connectivity index (χ1v) is 9.14. The second-order valence-electron chi connectivity index (χ2n) is 7.57. The van der Waals surface area contributed by atoms with Crippen LogP contribution in [0.2, 0.25) is 5.15 Å². The normalized spacial score (nSPS) is 11.8. The molecule has 2 heterocycles. The molecule has 1 aromatic carbocycles. The van der Waals surface area contributed by atoms with Gasteiger partial charge < -0.3 is 9.64 Å². The number of benzene rings is 1. The van der Waals surface area contributed by atoms with E-state index in [9.17, 15) is 9.18 Å². The molecular weight excluding hydrogens is 383 g/mol. The lowest BCUT2D eigenvalue weighted by Gasteiger charge is -2.22. The first kappa shape index (κ1) is 20.1. The molecule has 28 heavy (non-hydrogen) atoms. The van der Waals surface area contributed by atoms with Gasteiger partial charge in [0.25, 0.3) is 0 Å². The summed E-state index contributed by atoms with van der Waals surface area (Å²) in [4.78, 5) is 23.5. The molecule has 0 aliphatic heterocycles. The SMILES string of the molecule is C=CCN(C)c1cc(F)cc2c3c(Cl)nc(C)nc3n(C(=O)OC(C)(C)C)c12. The van der Waals surface area contributed by atoms with Crippen LogP contribution in [-0.2, 0) is 4.74 Å². The fourth-order valence-electron chi connectivity index (χ4n) is 3.10. The van der Waals surface area contributed by atoms with Crippen molar-refractivity contribution >= 4 is 45.3 Å². The number of rotatable bonds is 3. The number of aryl methyl sites for hydroxylation is 1. The van der Waals surface area contributed by atoms with E-state index in [1.54, 1.807) is 45.7 Å². The maximum absolute atomic E-state index is 14.5. The van der Waals surface area contributed by atoms with Crippen LogP contribution >= 0.6 is 11.6 Å². The Bertz CT molecular complexity index is 1100. The number of fused-ring (bicyclic) bond motifs is 3. The van der Waals surface area contributed by atoms with Gasteiger partial charge in [0, 0.05) is 19.0 Å². The summed E-state index contributed by atoms with van der Waals surface area (Å²) in [5.41, 5.74) is 0.504. The van der Waals surface area contributed by atoms with Crippen molar-refractivity contribution in [3.63, 3.8) is 0 Å². The van der Waals surface area contributed by atoms with Gasteiger partial charge in [-0.05, 0) is 39.8 Å². The highest BCUT2D eigenvalue weighted by Crippen LogP contribution is 2.38. The van der Waals surface area contributed by atoms with Gasteiger partial charge in [0.15, 0.2) is 5.65 Å². The quantitative estimate of drug-likeness (QED) is 0.449. The van der Waals surface area contributed by atoms with Gasteiger partial charge in [-0.25, -0.2) is 23.7 Å². The monoisotopic (exact) mass is 404 g/mol. The summed E-state index contributed by atoms with van der Waals surface area (Å²) in [6, 6.07) is 2.69. The van der Waals surface area contributed by atoms with Crippen LogP contribution in [0.3, 0.4) is 0 Å². The minimum atomic E-state index is -0.723. The third-order valence-corrected chi connectivity index (χ3v) is 4.38. The molecule has 0 atom stereocenters. The average molecular weight is 405 g/mol. The summed E-state index contributed by atoms with van der Waals surface area (Å²) < 4.78 is 21.4. The molecule has 0 saturated carbocycles. The Morgan fingerprint density at radius 1 is 1.39 bits per heavy atom. The number of halogens is 2. The van der Waals surface area contributed by atoms with Gasteiger partial charge in [0.05, 0.1) is 16.6 Å². The Morgan fingerprint density at radius 3 is 2.68 bits per heavy atom. The molecule has 3 rings (SSSR count). The van der Waals surface area contributed by atoms with Crippen LogP contribution in [0.25, 0.3) is 21.9 Å². The molecule has 0 bridgehead atoms. The predicted octanol–water partition coefficient (Wildman–Crippen LogP) is 5.09. The molecule has 0 saturated heterocycles. The number of hydrogen-bond acceptors (Lipinski definition) is 5. The maximum Gasteiger partial charge on any atom is 0.420 e. The minimum absolute atomic E-state index is 0.151. The molecule has 8 heteroatoms. The van der Waals surface area contributed by atoms with E-state index in [-0.39, 0.29) is 10.8 Å². The molecule has 2 aromatic heterocycles. The van der Waals surface area contributed by atoms with E-state index >= 15 is 0 Å². The Hall–Kier alpha value is -2.67. The summed E-state index contributed by atoms with van der Waals surface area (Å²) in [6.45, 7) is 11.2. The van der Waals surface area contributed by atoms with Gasteiger partial charge in [0.2, 0.25) is 0 Å². The van der Waals surface area contributed by atoms with Crippen LogP contribution in [0.4, 0.5) is 14.9 Å². The molecule has 6 nitrogen and oxygen atoms in total. The highest BCUT2D eigenvalue weighted by atomic mass is 35.5. The first-order chi connectivity index (χ1) is 13.0. The molecule has 0 radical (unpaired) electrons. The standard InChI is InChI=1S/C20H22ClFN4O2/c1-7-8-25(6)14-10-12(22)9-13-15-17(21)23-11(2)24-18(15)26(16(13)14)19(27)28-20(3,4)5/h7,9-10H,1,8H2,2-6H3. The summed E-state index contributed by atoms with van der Waals surface area (Å²) in [5, 5.41) is 0.996. The van der Waals surface area contributed by atoms with Crippen LogP contribution < -0.4 is 4.90 Å². The lowest BCUT2D eigenvalue weighted by atomic mass is 10.1.